The molecule has 2 aromatic rings. The second-order valence-corrected chi connectivity index (χ2v) is 7.10. The minimum absolute atomic E-state index is 0.0545. The van der Waals surface area contributed by atoms with Crippen molar-refractivity contribution < 1.29 is 14.0 Å². The summed E-state index contributed by atoms with van der Waals surface area (Å²) >= 11 is 0. The van der Waals surface area contributed by atoms with E-state index in [0.29, 0.717) is 13.0 Å². The van der Waals surface area contributed by atoms with Gasteiger partial charge in [0.2, 0.25) is 5.91 Å². The quantitative estimate of drug-likeness (QED) is 0.896. The lowest BCUT2D eigenvalue weighted by Gasteiger charge is -2.22. The van der Waals surface area contributed by atoms with Gasteiger partial charge < -0.3 is 20.0 Å². The summed E-state index contributed by atoms with van der Waals surface area (Å²) in [5.41, 5.74) is 1.87. The van der Waals surface area contributed by atoms with Gasteiger partial charge in [0.05, 0.1) is 12.1 Å². The van der Waals surface area contributed by atoms with Crippen LogP contribution in [-0.2, 0) is 4.79 Å². The molecule has 1 saturated heterocycles. The van der Waals surface area contributed by atoms with E-state index in [2.05, 4.69) is 10.6 Å². The van der Waals surface area contributed by atoms with Crippen LogP contribution in [0.1, 0.15) is 37.6 Å². The van der Waals surface area contributed by atoms with E-state index in [1.165, 1.54) is 0 Å². The molecular formula is C19H25N3O3. The zero-order valence-corrected chi connectivity index (χ0v) is 15.1. The number of fused-ring (bicyclic) bond motifs is 1. The molecule has 0 spiro atoms. The molecule has 3 amide bonds. The summed E-state index contributed by atoms with van der Waals surface area (Å²) in [6, 6.07) is 7.22. The number of likely N-dealkylation sites (N-methyl/N-ethyl adjacent to an activating group) is 1. The number of carbonyl (C=O) groups excluding carboxylic acids is 2. The van der Waals surface area contributed by atoms with Gasteiger partial charge in [0.15, 0.2) is 0 Å². The van der Waals surface area contributed by atoms with Gasteiger partial charge in [0.1, 0.15) is 11.3 Å². The first-order chi connectivity index (χ1) is 11.9. The number of nitrogens with zero attached hydrogens (tertiary/aromatic N) is 1. The minimum Gasteiger partial charge on any atom is -0.459 e. The first kappa shape index (κ1) is 17.3. The smallest absolute Gasteiger partial charge is 0.315 e. The predicted octanol–water partition coefficient (Wildman–Crippen LogP) is 2.97. The second-order valence-electron chi connectivity index (χ2n) is 7.10. The van der Waals surface area contributed by atoms with Crippen molar-refractivity contribution in [3.8, 4) is 0 Å². The fraction of sp³-hybridized carbons (Fsp3) is 0.474. The maximum Gasteiger partial charge on any atom is 0.315 e. The van der Waals surface area contributed by atoms with Crippen molar-refractivity contribution >= 4 is 22.9 Å². The molecule has 0 saturated carbocycles. The van der Waals surface area contributed by atoms with Crippen molar-refractivity contribution in [3.63, 3.8) is 0 Å². The number of nitrogens with one attached hydrogen (secondary N) is 2. The van der Waals surface area contributed by atoms with Crippen molar-refractivity contribution in [2.45, 2.75) is 39.3 Å². The van der Waals surface area contributed by atoms with Crippen LogP contribution in [0.15, 0.2) is 28.7 Å². The molecule has 6 nitrogen and oxygen atoms in total. The number of hydrogen-bond acceptors (Lipinski definition) is 3. The Morgan fingerprint density at radius 3 is 2.64 bits per heavy atom. The third-order valence-electron chi connectivity index (χ3n) is 4.79. The Morgan fingerprint density at radius 1 is 1.32 bits per heavy atom. The highest BCUT2D eigenvalue weighted by Gasteiger charge is 2.30. The number of likely N-dealkylation sites (tertiary alicyclic amines) is 1. The standard InChI is InChI=1S/C19H25N3O3/c1-11(2)17(18-12(3)14-7-5-6-8-15(14)25-18)21-19(24)20-13-9-16(23)22(4)10-13/h5-8,11,13,17H,9-10H2,1-4H3,(H2,20,21,24)/t13?,17-/m1/s1. The van der Waals surface area contributed by atoms with Crippen LogP contribution in [-0.4, -0.2) is 36.5 Å². The SMILES string of the molecule is Cc1c([C@H](NC(=O)NC2CC(=O)N(C)C2)C(C)C)oc2ccccc12. The van der Waals surface area contributed by atoms with E-state index in [9.17, 15) is 9.59 Å². The van der Waals surface area contributed by atoms with E-state index < -0.39 is 0 Å². The fourth-order valence-corrected chi connectivity index (χ4v) is 3.35. The van der Waals surface area contributed by atoms with E-state index in [1.54, 1.807) is 11.9 Å². The molecule has 3 rings (SSSR count). The van der Waals surface area contributed by atoms with Gasteiger partial charge in [-0.3, -0.25) is 4.79 Å². The third-order valence-corrected chi connectivity index (χ3v) is 4.79. The molecule has 1 unspecified atom stereocenters. The number of para-hydroxylation sites is 1. The van der Waals surface area contributed by atoms with E-state index in [-0.39, 0.29) is 29.9 Å². The summed E-state index contributed by atoms with van der Waals surface area (Å²) in [4.78, 5) is 25.7. The van der Waals surface area contributed by atoms with Crippen LogP contribution >= 0.6 is 0 Å². The van der Waals surface area contributed by atoms with Gasteiger partial charge in [0.25, 0.3) is 0 Å². The van der Waals surface area contributed by atoms with Gasteiger partial charge in [-0.05, 0) is 18.9 Å². The van der Waals surface area contributed by atoms with Gasteiger partial charge in [-0.15, -0.1) is 0 Å². The van der Waals surface area contributed by atoms with Crippen LogP contribution in [0, 0.1) is 12.8 Å². The Hall–Kier alpha value is -2.50. The lowest BCUT2D eigenvalue weighted by atomic mass is 9.98. The molecule has 2 N–H and O–H groups in total. The average molecular weight is 343 g/mol. The summed E-state index contributed by atoms with van der Waals surface area (Å²) in [7, 11) is 1.75. The number of urea groups is 1. The molecule has 1 aromatic carbocycles. The van der Waals surface area contributed by atoms with Crippen molar-refractivity contribution in [2.75, 3.05) is 13.6 Å². The lowest BCUT2D eigenvalue weighted by molar-refractivity contribution is -0.126. The molecule has 6 heteroatoms. The molecule has 2 heterocycles. The predicted molar refractivity (Wildman–Crippen MR) is 96.2 cm³/mol. The zero-order valence-electron chi connectivity index (χ0n) is 15.1. The highest BCUT2D eigenvalue weighted by molar-refractivity contribution is 5.83. The van der Waals surface area contributed by atoms with Crippen LogP contribution in [0.3, 0.4) is 0 Å². The fourth-order valence-electron chi connectivity index (χ4n) is 3.35. The first-order valence-corrected chi connectivity index (χ1v) is 8.66. The number of hydrogen-bond donors (Lipinski definition) is 2. The highest BCUT2D eigenvalue weighted by atomic mass is 16.3. The molecule has 134 valence electrons. The molecule has 1 fully saturated rings. The van der Waals surface area contributed by atoms with Crippen LogP contribution in [0.4, 0.5) is 4.79 Å². The van der Waals surface area contributed by atoms with E-state index >= 15 is 0 Å². The molecular weight excluding hydrogens is 318 g/mol. The molecule has 2 atom stereocenters. The summed E-state index contributed by atoms with van der Waals surface area (Å²) in [6.07, 6.45) is 0.347. The van der Waals surface area contributed by atoms with Crippen LogP contribution in [0.2, 0.25) is 0 Å². The summed E-state index contributed by atoms with van der Waals surface area (Å²) in [6.45, 7) is 6.65. The highest BCUT2D eigenvalue weighted by Crippen LogP contribution is 2.32. The average Bonchev–Trinajstić information content (AvgIpc) is 3.05. The first-order valence-electron chi connectivity index (χ1n) is 8.66. The maximum atomic E-state index is 12.4. The zero-order chi connectivity index (χ0) is 18.1. The van der Waals surface area contributed by atoms with Crippen molar-refractivity contribution in [2.24, 2.45) is 5.92 Å². The molecule has 25 heavy (non-hydrogen) atoms. The van der Waals surface area contributed by atoms with Crippen LogP contribution < -0.4 is 10.6 Å². The second kappa shape index (κ2) is 6.78. The number of aryl methyl sites for hydroxylation is 1. The number of carbonyl (C=O) groups is 2. The van der Waals surface area contributed by atoms with Gasteiger partial charge in [-0.25, -0.2) is 4.79 Å². The molecule has 0 bridgehead atoms. The summed E-state index contributed by atoms with van der Waals surface area (Å²) in [5, 5.41) is 6.97. The topological polar surface area (TPSA) is 74.6 Å². The van der Waals surface area contributed by atoms with Gasteiger partial charge in [0, 0.05) is 31.0 Å². The van der Waals surface area contributed by atoms with E-state index in [4.69, 9.17) is 4.42 Å². The van der Waals surface area contributed by atoms with E-state index in [0.717, 1.165) is 22.3 Å². The summed E-state index contributed by atoms with van der Waals surface area (Å²) in [5.74, 6) is 1.00. The normalized spacial score (nSPS) is 18.8. The monoisotopic (exact) mass is 343 g/mol. The van der Waals surface area contributed by atoms with Crippen LogP contribution in [0.5, 0.6) is 0 Å². The number of rotatable bonds is 4. The molecule has 1 aliphatic heterocycles. The maximum absolute atomic E-state index is 12.4. The molecule has 0 radical (unpaired) electrons. The molecule has 1 aromatic heterocycles. The largest absolute Gasteiger partial charge is 0.459 e. The Balaban J connectivity index is 1.76. The van der Waals surface area contributed by atoms with Gasteiger partial charge in [-0.1, -0.05) is 32.0 Å². The third kappa shape index (κ3) is 3.48. The Labute approximate surface area is 147 Å². The summed E-state index contributed by atoms with van der Waals surface area (Å²) < 4.78 is 6.02. The van der Waals surface area contributed by atoms with Crippen molar-refractivity contribution in [3.05, 3.63) is 35.6 Å². The number of amides is 3. The minimum atomic E-state index is -0.272. The number of benzene rings is 1. The van der Waals surface area contributed by atoms with Crippen molar-refractivity contribution in [1.29, 1.82) is 0 Å². The van der Waals surface area contributed by atoms with Gasteiger partial charge in [-0.2, -0.15) is 0 Å². The Morgan fingerprint density at radius 2 is 2.04 bits per heavy atom. The van der Waals surface area contributed by atoms with E-state index in [1.807, 2.05) is 45.0 Å². The molecule has 1 aliphatic rings. The Bertz CT molecular complexity index is 796. The number of furan rings is 1. The van der Waals surface area contributed by atoms with Gasteiger partial charge >= 0.3 is 6.03 Å². The lowest BCUT2D eigenvalue weighted by Crippen LogP contribution is -2.45. The van der Waals surface area contributed by atoms with Crippen molar-refractivity contribution in [1.82, 2.24) is 15.5 Å². The molecule has 0 aliphatic carbocycles. The Kier molecular flexibility index (Phi) is 4.70. The van der Waals surface area contributed by atoms with Crippen LogP contribution in [0.25, 0.3) is 11.0 Å².